The van der Waals surface area contributed by atoms with Crippen molar-refractivity contribution in [3.8, 4) is 11.5 Å². The maximum Gasteiger partial charge on any atom is 0.141 e. The van der Waals surface area contributed by atoms with Gasteiger partial charge in [-0.3, -0.25) is 0 Å². The second-order valence-corrected chi connectivity index (χ2v) is 6.28. The lowest BCUT2D eigenvalue weighted by Crippen LogP contribution is -2.01. The summed E-state index contributed by atoms with van der Waals surface area (Å²) < 4.78 is 24.8. The molecule has 1 atom stereocenters. The molecule has 5 heteroatoms. The molecule has 0 aliphatic rings. The summed E-state index contributed by atoms with van der Waals surface area (Å²) in [6, 6.07) is 8.57. The van der Waals surface area contributed by atoms with Crippen LogP contribution in [0.15, 0.2) is 34.8 Å². The zero-order valence-corrected chi connectivity index (χ0v) is 15.1. The first-order valence-corrected chi connectivity index (χ1v) is 8.01. The Morgan fingerprint density at radius 1 is 1.05 bits per heavy atom. The highest BCUT2D eigenvalue weighted by atomic mass is 79.9. The van der Waals surface area contributed by atoms with Crippen molar-refractivity contribution in [2.45, 2.75) is 11.8 Å². The van der Waals surface area contributed by atoms with E-state index in [4.69, 9.17) is 9.47 Å². The molecule has 2 rings (SSSR count). The average Bonchev–Trinajstić information content (AvgIpc) is 2.46. The molecule has 0 fully saturated rings. The van der Waals surface area contributed by atoms with Crippen LogP contribution in [0.3, 0.4) is 0 Å². The summed E-state index contributed by atoms with van der Waals surface area (Å²) in [4.78, 5) is -0.102. The van der Waals surface area contributed by atoms with Crippen LogP contribution in [-0.2, 0) is 0 Å². The molecule has 0 saturated carbocycles. The Labute approximate surface area is 140 Å². The number of rotatable bonds is 4. The van der Waals surface area contributed by atoms with E-state index in [0.717, 1.165) is 21.2 Å². The van der Waals surface area contributed by atoms with Gasteiger partial charge in [0.05, 0.1) is 19.0 Å². The Balaban J connectivity index is 2.52. The number of benzene rings is 2. The molecule has 0 heterocycles. The monoisotopic (exact) mass is 416 g/mol. The summed E-state index contributed by atoms with van der Waals surface area (Å²) >= 11 is 7.17. The predicted molar refractivity (Wildman–Crippen MR) is 89.2 cm³/mol. The van der Waals surface area contributed by atoms with Gasteiger partial charge in [0.15, 0.2) is 0 Å². The third kappa shape index (κ3) is 3.24. The molecule has 0 aliphatic heterocycles. The molecule has 0 aliphatic carbocycles. The fourth-order valence-corrected chi connectivity index (χ4v) is 3.77. The van der Waals surface area contributed by atoms with Crippen molar-refractivity contribution >= 4 is 31.9 Å². The largest absolute Gasteiger partial charge is 0.495 e. The molecule has 2 aromatic rings. The van der Waals surface area contributed by atoms with Crippen molar-refractivity contribution in [1.82, 2.24) is 0 Å². The van der Waals surface area contributed by atoms with E-state index in [0.29, 0.717) is 11.5 Å². The van der Waals surface area contributed by atoms with Crippen LogP contribution in [0.4, 0.5) is 4.39 Å². The van der Waals surface area contributed by atoms with Crippen LogP contribution < -0.4 is 9.47 Å². The van der Waals surface area contributed by atoms with Crippen molar-refractivity contribution in [2.24, 2.45) is 0 Å². The number of halogens is 3. The highest BCUT2D eigenvalue weighted by Crippen LogP contribution is 2.44. The van der Waals surface area contributed by atoms with E-state index in [1.165, 1.54) is 12.1 Å². The van der Waals surface area contributed by atoms with Crippen molar-refractivity contribution in [3.05, 3.63) is 57.3 Å². The predicted octanol–water partition coefficient (Wildman–Crippen LogP) is 5.40. The topological polar surface area (TPSA) is 18.5 Å². The fourth-order valence-electron chi connectivity index (χ4n) is 2.21. The number of alkyl halides is 1. The molecular weight excluding hydrogens is 403 g/mol. The molecule has 0 N–H and O–H groups in total. The SMILES string of the molecule is COc1ccc(C(Br)c2ccc(F)cc2C)c(OC)c1Br. The van der Waals surface area contributed by atoms with Gasteiger partial charge in [0, 0.05) is 5.56 Å². The minimum absolute atomic E-state index is 0.102. The molecule has 21 heavy (non-hydrogen) atoms. The van der Waals surface area contributed by atoms with Crippen LogP contribution >= 0.6 is 31.9 Å². The number of methoxy groups -OCH3 is 2. The van der Waals surface area contributed by atoms with Gasteiger partial charge in [-0.2, -0.15) is 0 Å². The van der Waals surface area contributed by atoms with Gasteiger partial charge < -0.3 is 9.47 Å². The van der Waals surface area contributed by atoms with E-state index in [-0.39, 0.29) is 10.6 Å². The van der Waals surface area contributed by atoms with Gasteiger partial charge in [-0.05, 0) is 52.2 Å². The molecule has 2 aromatic carbocycles. The van der Waals surface area contributed by atoms with Crippen molar-refractivity contribution < 1.29 is 13.9 Å². The van der Waals surface area contributed by atoms with Crippen molar-refractivity contribution in [1.29, 1.82) is 0 Å². The lowest BCUT2D eigenvalue weighted by Gasteiger charge is -2.19. The number of hydrogen-bond acceptors (Lipinski definition) is 2. The Bertz CT molecular complexity index is 659. The third-order valence-corrected chi connectivity index (χ3v) is 5.03. The standard InChI is InChI=1S/C16H15Br2FO2/c1-9-8-10(19)4-5-11(9)14(17)12-6-7-13(20-2)15(18)16(12)21-3/h4-8,14H,1-3H3. The molecule has 112 valence electrons. The third-order valence-electron chi connectivity index (χ3n) is 3.29. The molecule has 2 nitrogen and oxygen atoms in total. The molecule has 1 unspecified atom stereocenters. The zero-order valence-electron chi connectivity index (χ0n) is 11.9. The highest BCUT2D eigenvalue weighted by Gasteiger charge is 2.21. The minimum atomic E-state index is -0.237. The Hall–Kier alpha value is -1.07. The smallest absolute Gasteiger partial charge is 0.141 e. The van der Waals surface area contributed by atoms with Crippen LogP contribution in [0.25, 0.3) is 0 Å². The molecule has 0 bridgehead atoms. The number of aryl methyl sites for hydroxylation is 1. The summed E-state index contributed by atoms with van der Waals surface area (Å²) in [5.41, 5.74) is 2.82. The summed E-state index contributed by atoms with van der Waals surface area (Å²) in [7, 11) is 3.22. The van der Waals surface area contributed by atoms with E-state index in [9.17, 15) is 4.39 Å². The van der Waals surface area contributed by atoms with E-state index in [1.54, 1.807) is 20.3 Å². The van der Waals surface area contributed by atoms with Gasteiger partial charge in [-0.15, -0.1) is 0 Å². The summed E-state index contributed by atoms with van der Waals surface area (Å²) in [5, 5.41) is 0. The molecule has 0 radical (unpaired) electrons. The lowest BCUT2D eigenvalue weighted by molar-refractivity contribution is 0.386. The Morgan fingerprint density at radius 3 is 2.29 bits per heavy atom. The van der Waals surface area contributed by atoms with Crippen molar-refractivity contribution in [3.63, 3.8) is 0 Å². The van der Waals surface area contributed by atoms with Crippen LogP contribution in [-0.4, -0.2) is 14.2 Å². The van der Waals surface area contributed by atoms with Gasteiger partial charge in [0.2, 0.25) is 0 Å². The average molecular weight is 418 g/mol. The van der Waals surface area contributed by atoms with E-state index < -0.39 is 0 Å². The molecule has 0 amide bonds. The first kappa shape index (κ1) is 16.3. The number of hydrogen-bond donors (Lipinski definition) is 0. The van der Waals surface area contributed by atoms with Crippen LogP contribution in [0.5, 0.6) is 11.5 Å². The first-order valence-electron chi connectivity index (χ1n) is 6.30. The molecule has 0 spiro atoms. The van der Waals surface area contributed by atoms with Crippen LogP contribution in [0.2, 0.25) is 0 Å². The molecule has 0 aromatic heterocycles. The van der Waals surface area contributed by atoms with Gasteiger partial charge in [-0.1, -0.05) is 28.1 Å². The normalized spacial score (nSPS) is 12.1. The van der Waals surface area contributed by atoms with Gasteiger partial charge in [0.25, 0.3) is 0 Å². The van der Waals surface area contributed by atoms with E-state index in [1.807, 2.05) is 19.1 Å². The van der Waals surface area contributed by atoms with Gasteiger partial charge in [0.1, 0.15) is 21.8 Å². The quantitative estimate of drug-likeness (QED) is 0.620. The lowest BCUT2D eigenvalue weighted by atomic mass is 9.99. The second-order valence-electron chi connectivity index (χ2n) is 4.57. The zero-order chi connectivity index (χ0) is 15.6. The van der Waals surface area contributed by atoms with Crippen LogP contribution in [0, 0.1) is 12.7 Å². The van der Waals surface area contributed by atoms with Gasteiger partial charge >= 0.3 is 0 Å². The second kappa shape index (κ2) is 6.79. The minimum Gasteiger partial charge on any atom is -0.495 e. The number of ether oxygens (including phenoxy) is 2. The summed E-state index contributed by atoms with van der Waals surface area (Å²) in [5.74, 6) is 1.16. The Morgan fingerprint density at radius 2 is 1.71 bits per heavy atom. The first-order chi connectivity index (χ1) is 9.99. The van der Waals surface area contributed by atoms with E-state index in [2.05, 4.69) is 31.9 Å². The van der Waals surface area contributed by atoms with Crippen molar-refractivity contribution in [2.75, 3.05) is 14.2 Å². The summed E-state index contributed by atoms with van der Waals surface area (Å²) in [6.45, 7) is 1.89. The maximum atomic E-state index is 13.3. The molecule has 0 saturated heterocycles. The van der Waals surface area contributed by atoms with E-state index >= 15 is 0 Å². The molecular formula is C16H15Br2FO2. The Kier molecular flexibility index (Phi) is 5.27. The van der Waals surface area contributed by atoms with Crippen LogP contribution in [0.1, 0.15) is 21.5 Å². The maximum absolute atomic E-state index is 13.3. The van der Waals surface area contributed by atoms with Gasteiger partial charge in [-0.25, -0.2) is 4.39 Å². The summed E-state index contributed by atoms with van der Waals surface area (Å²) in [6.07, 6.45) is 0. The fraction of sp³-hybridized carbons (Fsp3) is 0.250. The highest BCUT2D eigenvalue weighted by molar-refractivity contribution is 9.10.